The maximum atomic E-state index is 13.5. The van der Waals surface area contributed by atoms with Crippen molar-refractivity contribution < 1.29 is 52.3 Å². The second-order valence-corrected chi connectivity index (χ2v) is 11.9. The predicted octanol–water partition coefficient (Wildman–Crippen LogP) is 4.80. The van der Waals surface area contributed by atoms with Gasteiger partial charge >= 0.3 is 18.2 Å². The lowest BCUT2D eigenvalue weighted by atomic mass is 9.66. The molecule has 1 N–H and O–H groups in total. The molecule has 2 heterocycles. The highest BCUT2D eigenvalue weighted by Gasteiger charge is 2.54. The van der Waals surface area contributed by atoms with E-state index in [2.05, 4.69) is 5.32 Å². The van der Waals surface area contributed by atoms with Crippen molar-refractivity contribution in [3.8, 4) is 28.7 Å². The van der Waals surface area contributed by atoms with E-state index in [0.717, 1.165) is 18.5 Å². The van der Waals surface area contributed by atoms with Crippen LogP contribution >= 0.6 is 0 Å². The van der Waals surface area contributed by atoms with Crippen LogP contribution in [0.4, 0.5) is 9.59 Å². The van der Waals surface area contributed by atoms with Crippen molar-refractivity contribution in [1.82, 2.24) is 10.2 Å². The van der Waals surface area contributed by atoms with Gasteiger partial charge < -0.3 is 48.1 Å². The Kier molecular flexibility index (Phi) is 9.76. The molecule has 0 unspecified atom stereocenters. The number of hydrogen-bond donors (Lipinski definition) is 1. The number of rotatable bonds is 11. The monoisotopic (exact) mass is 662 g/mol. The van der Waals surface area contributed by atoms with E-state index in [-0.39, 0.29) is 37.3 Å². The van der Waals surface area contributed by atoms with Gasteiger partial charge in [-0.1, -0.05) is 30.3 Å². The number of ether oxygens (including phenoxy) is 8. The van der Waals surface area contributed by atoms with Crippen LogP contribution in [-0.4, -0.2) is 77.9 Å². The Morgan fingerprint density at radius 1 is 0.938 bits per heavy atom. The molecule has 0 aromatic heterocycles. The minimum Gasteiger partial charge on any atom is -0.493 e. The zero-order valence-corrected chi connectivity index (χ0v) is 27.2. The average Bonchev–Trinajstić information content (AvgIpc) is 3.71. The molecule has 13 nitrogen and oxygen atoms in total. The smallest absolute Gasteiger partial charge is 0.493 e. The first-order valence-corrected chi connectivity index (χ1v) is 15.6. The number of carbonyl (C=O) groups excluding carboxylic acids is 3. The van der Waals surface area contributed by atoms with E-state index in [1.807, 2.05) is 49.3 Å². The van der Waals surface area contributed by atoms with Gasteiger partial charge in [-0.05, 0) is 68.0 Å². The number of benzene rings is 3. The lowest BCUT2D eigenvalue weighted by Gasteiger charge is -2.38. The van der Waals surface area contributed by atoms with Gasteiger partial charge in [-0.15, -0.1) is 0 Å². The molecule has 1 aliphatic carbocycles. The molecule has 48 heavy (non-hydrogen) atoms. The standard InChI is InChI=1S/C35H38N2O11/c1-37(2)12-8-11-36-34(39)47-31-23-16-26-25(45-19-46-26)15-22(23)29(30-24(31)18-43-33(30)38)21-13-27(41-3)32(28(14-21)42-4)48-35(40)44-17-20-9-6-5-7-10-20/h5-7,9-10,13-16,24,29-31H,8,11-12,17-19H2,1-4H3,(H,36,39)/t24-,29-,30-,31-/m1/s1. The quantitative estimate of drug-likeness (QED) is 0.131. The van der Waals surface area contributed by atoms with Crippen LogP contribution in [0.1, 0.15) is 40.7 Å². The molecule has 0 bridgehead atoms. The van der Waals surface area contributed by atoms with Gasteiger partial charge in [0.15, 0.2) is 23.0 Å². The minimum atomic E-state index is -0.946. The molecule has 254 valence electrons. The van der Waals surface area contributed by atoms with Gasteiger partial charge in [0.25, 0.3) is 0 Å². The van der Waals surface area contributed by atoms with Crippen LogP contribution in [0.15, 0.2) is 54.6 Å². The zero-order chi connectivity index (χ0) is 33.8. The number of carbonyl (C=O) groups is 3. The molecular weight excluding hydrogens is 624 g/mol. The predicted molar refractivity (Wildman–Crippen MR) is 170 cm³/mol. The van der Waals surface area contributed by atoms with Crippen molar-refractivity contribution in [3.05, 3.63) is 76.9 Å². The first-order chi connectivity index (χ1) is 23.3. The van der Waals surface area contributed by atoms with Crippen LogP contribution in [-0.2, 0) is 25.6 Å². The van der Waals surface area contributed by atoms with E-state index in [4.69, 9.17) is 37.9 Å². The number of esters is 1. The van der Waals surface area contributed by atoms with Gasteiger partial charge in [-0.3, -0.25) is 4.79 Å². The molecule has 0 spiro atoms. The van der Waals surface area contributed by atoms with E-state index >= 15 is 0 Å². The van der Waals surface area contributed by atoms with Gasteiger partial charge in [0, 0.05) is 23.9 Å². The van der Waals surface area contributed by atoms with Gasteiger partial charge in [0.2, 0.25) is 12.5 Å². The van der Waals surface area contributed by atoms with Gasteiger partial charge in [0.1, 0.15) is 12.7 Å². The lowest BCUT2D eigenvalue weighted by Crippen LogP contribution is -2.38. The minimum absolute atomic E-state index is 0.0138. The number of amides is 1. The molecule has 3 aromatic rings. The third-order valence-electron chi connectivity index (χ3n) is 8.63. The molecule has 6 rings (SSSR count). The molecule has 0 saturated carbocycles. The highest BCUT2D eigenvalue weighted by atomic mass is 16.7. The summed E-state index contributed by atoms with van der Waals surface area (Å²) in [7, 11) is 6.78. The fourth-order valence-corrected chi connectivity index (χ4v) is 6.42. The summed E-state index contributed by atoms with van der Waals surface area (Å²) in [5.41, 5.74) is 2.76. The lowest BCUT2D eigenvalue weighted by molar-refractivity contribution is -0.141. The number of hydrogen-bond acceptors (Lipinski definition) is 12. The van der Waals surface area contributed by atoms with E-state index < -0.39 is 42.1 Å². The first kappa shape index (κ1) is 32.8. The van der Waals surface area contributed by atoms with E-state index in [9.17, 15) is 14.4 Å². The third-order valence-corrected chi connectivity index (χ3v) is 8.63. The van der Waals surface area contributed by atoms with Crippen molar-refractivity contribution in [2.75, 3.05) is 54.8 Å². The molecule has 4 atom stereocenters. The summed E-state index contributed by atoms with van der Waals surface area (Å²) in [5.74, 6) is -0.898. The molecule has 0 radical (unpaired) electrons. The Hall–Kier alpha value is -5.17. The summed E-state index contributed by atoms with van der Waals surface area (Å²) in [5, 5.41) is 2.82. The normalized spacial score (nSPS) is 20.3. The number of cyclic esters (lactones) is 1. The second-order valence-electron chi connectivity index (χ2n) is 11.9. The zero-order valence-electron chi connectivity index (χ0n) is 27.2. The summed E-state index contributed by atoms with van der Waals surface area (Å²) >= 11 is 0. The molecule has 1 saturated heterocycles. The summed E-state index contributed by atoms with van der Waals surface area (Å²) in [4.78, 5) is 41.2. The molecule has 1 fully saturated rings. The first-order valence-electron chi connectivity index (χ1n) is 15.6. The largest absolute Gasteiger partial charge is 0.514 e. The SMILES string of the molecule is COc1cc([C@@H]2c3cc4c(cc3[C@@H](OC(=O)NCCCN(C)C)[C@@H]3COC(=O)[C@@H]23)OCO4)cc(OC)c1OC(=O)OCc1ccccc1. The number of nitrogens with zero attached hydrogens (tertiary/aromatic N) is 1. The highest BCUT2D eigenvalue weighted by Crippen LogP contribution is 2.56. The van der Waals surface area contributed by atoms with Gasteiger partial charge in [0.05, 0.1) is 26.7 Å². The number of methoxy groups -OCH3 is 2. The van der Waals surface area contributed by atoms with Crippen molar-refractivity contribution >= 4 is 18.2 Å². The molecular formula is C35H38N2O11. The van der Waals surface area contributed by atoms with Crippen molar-refractivity contribution in [2.45, 2.75) is 25.0 Å². The molecule has 3 aliphatic rings. The molecule has 1 amide bonds. The van der Waals surface area contributed by atoms with E-state index in [1.165, 1.54) is 14.2 Å². The van der Waals surface area contributed by atoms with Crippen molar-refractivity contribution in [1.29, 1.82) is 0 Å². The summed E-state index contributed by atoms with van der Waals surface area (Å²) < 4.78 is 45.2. The topological polar surface area (TPSA) is 140 Å². The highest BCUT2D eigenvalue weighted by molar-refractivity contribution is 5.79. The van der Waals surface area contributed by atoms with Gasteiger partial charge in [-0.25, -0.2) is 9.59 Å². The van der Waals surface area contributed by atoms with Crippen LogP contribution in [0.5, 0.6) is 28.7 Å². The third kappa shape index (κ3) is 6.77. The molecule has 2 aliphatic heterocycles. The Labute approximate surface area is 277 Å². The molecule has 3 aromatic carbocycles. The summed E-state index contributed by atoms with van der Waals surface area (Å²) in [6.45, 7) is 1.33. The van der Waals surface area contributed by atoms with Crippen LogP contribution in [0.25, 0.3) is 0 Å². The maximum Gasteiger partial charge on any atom is 0.514 e. The van der Waals surface area contributed by atoms with Gasteiger partial charge in [-0.2, -0.15) is 0 Å². The Morgan fingerprint density at radius 3 is 2.29 bits per heavy atom. The molecule has 13 heteroatoms. The summed E-state index contributed by atoms with van der Waals surface area (Å²) in [6, 6.07) is 16.2. The Morgan fingerprint density at radius 2 is 1.62 bits per heavy atom. The fourth-order valence-electron chi connectivity index (χ4n) is 6.42. The van der Waals surface area contributed by atoms with Crippen LogP contribution in [0.3, 0.4) is 0 Å². The van der Waals surface area contributed by atoms with Crippen molar-refractivity contribution in [2.24, 2.45) is 11.8 Å². The fraction of sp³-hybridized carbons (Fsp3) is 0.400. The van der Waals surface area contributed by atoms with E-state index in [0.29, 0.717) is 34.7 Å². The number of fused-ring (bicyclic) bond motifs is 3. The number of alkyl carbamates (subject to hydrolysis) is 1. The van der Waals surface area contributed by atoms with Crippen molar-refractivity contribution in [3.63, 3.8) is 0 Å². The second kappa shape index (κ2) is 14.3. The average molecular weight is 663 g/mol. The van der Waals surface area contributed by atoms with Crippen LogP contribution < -0.4 is 29.0 Å². The van der Waals surface area contributed by atoms with E-state index in [1.54, 1.807) is 24.3 Å². The van der Waals surface area contributed by atoms with Crippen LogP contribution in [0.2, 0.25) is 0 Å². The Balaban J connectivity index is 1.33. The summed E-state index contributed by atoms with van der Waals surface area (Å²) in [6.07, 6.45) is -1.60. The Bertz CT molecular complexity index is 1640. The van der Waals surface area contributed by atoms with Crippen LogP contribution in [0, 0.1) is 11.8 Å². The number of nitrogens with one attached hydrogen (secondary N) is 1. The maximum absolute atomic E-state index is 13.5.